The van der Waals surface area contributed by atoms with Crippen molar-refractivity contribution < 1.29 is 14.3 Å². The molecule has 2 N–H and O–H groups in total. The first kappa shape index (κ1) is 15.7. The number of aromatic amines is 1. The number of aryl methyl sites for hydroxylation is 1. The van der Waals surface area contributed by atoms with Gasteiger partial charge in [-0.3, -0.25) is 9.89 Å². The molecule has 0 saturated heterocycles. The number of thioether (sulfide) groups is 1. The first-order valence-electron chi connectivity index (χ1n) is 7.28. The van der Waals surface area contributed by atoms with Crippen LogP contribution in [0.3, 0.4) is 0 Å². The molecule has 3 rings (SSSR count). The van der Waals surface area contributed by atoms with Gasteiger partial charge in [0.05, 0.1) is 24.7 Å². The molecule has 1 aromatic heterocycles. The average Bonchev–Trinajstić information content (AvgIpc) is 2.85. The fourth-order valence-electron chi connectivity index (χ4n) is 2.67. The highest BCUT2D eigenvalue weighted by Gasteiger charge is 2.33. The van der Waals surface area contributed by atoms with Crippen molar-refractivity contribution in [3.8, 4) is 11.5 Å². The number of nitrogens with one attached hydrogen (secondary N) is 2. The molecule has 0 radical (unpaired) electrons. The zero-order valence-electron chi connectivity index (χ0n) is 13.5. The molecule has 2 atom stereocenters. The van der Waals surface area contributed by atoms with Crippen molar-refractivity contribution in [2.24, 2.45) is 0 Å². The maximum atomic E-state index is 12.2. The van der Waals surface area contributed by atoms with Gasteiger partial charge in [-0.25, -0.2) is 0 Å². The molecule has 0 unspecified atom stereocenters. The van der Waals surface area contributed by atoms with Crippen LogP contribution in [0.25, 0.3) is 0 Å². The highest BCUT2D eigenvalue weighted by Crippen LogP contribution is 2.47. The van der Waals surface area contributed by atoms with Gasteiger partial charge >= 0.3 is 0 Å². The number of ether oxygens (including phenoxy) is 2. The monoisotopic (exact) mass is 333 g/mol. The number of rotatable bonds is 3. The zero-order valence-corrected chi connectivity index (χ0v) is 14.3. The summed E-state index contributed by atoms with van der Waals surface area (Å²) >= 11 is 1.58. The molecule has 0 fully saturated rings. The van der Waals surface area contributed by atoms with Crippen LogP contribution in [0, 0.1) is 6.92 Å². The number of hydrogen-bond donors (Lipinski definition) is 2. The lowest BCUT2D eigenvalue weighted by Gasteiger charge is -2.20. The molecule has 1 amide bonds. The Morgan fingerprint density at radius 1 is 1.26 bits per heavy atom. The van der Waals surface area contributed by atoms with Crippen LogP contribution in [0.2, 0.25) is 0 Å². The van der Waals surface area contributed by atoms with Crippen LogP contribution in [0.1, 0.15) is 29.0 Å². The van der Waals surface area contributed by atoms with E-state index in [-0.39, 0.29) is 16.4 Å². The Morgan fingerprint density at radius 3 is 2.74 bits per heavy atom. The largest absolute Gasteiger partial charge is 0.497 e. The van der Waals surface area contributed by atoms with E-state index in [0.29, 0.717) is 5.82 Å². The normalized spacial score (nSPS) is 20.4. The van der Waals surface area contributed by atoms with Crippen LogP contribution >= 0.6 is 11.8 Å². The van der Waals surface area contributed by atoms with Gasteiger partial charge in [0.25, 0.3) is 0 Å². The minimum Gasteiger partial charge on any atom is -0.497 e. The average molecular weight is 333 g/mol. The Balaban J connectivity index is 2.14. The number of nitrogens with zero attached hydrogens (tertiary/aromatic N) is 1. The first-order chi connectivity index (χ1) is 11.0. The van der Waals surface area contributed by atoms with E-state index >= 15 is 0 Å². The number of carbonyl (C=O) groups is 1. The van der Waals surface area contributed by atoms with Gasteiger partial charge in [0.1, 0.15) is 11.5 Å². The summed E-state index contributed by atoms with van der Waals surface area (Å²) in [5.41, 5.74) is 2.91. The molecular weight excluding hydrogens is 314 g/mol. The van der Waals surface area contributed by atoms with Crippen molar-refractivity contribution in [1.82, 2.24) is 10.2 Å². The van der Waals surface area contributed by atoms with Crippen LogP contribution in [-0.4, -0.2) is 35.6 Å². The molecule has 6 nitrogen and oxygen atoms in total. The van der Waals surface area contributed by atoms with Crippen molar-refractivity contribution in [2.45, 2.75) is 24.3 Å². The number of hydrogen-bond acceptors (Lipinski definition) is 5. The molecular formula is C16H19N3O3S. The second-order valence-corrected chi connectivity index (χ2v) is 6.82. The summed E-state index contributed by atoms with van der Waals surface area (Å²) in [4.78, 5) is 12.2. The van der Waals surface area contributed by atoms with Gasteiger partial charge in [-0.05, 0) is 19.9 Å². The van der Waals surface area contributed by atoms with E-state index in [1.807, 2.05) is 32.0 Å². The number of anilines is 1. The van der Waals surface area contributed by atoms with Gasteiger partial charge in [-0.15, -0.1) is 11.8 Å². The van der Waals surface area contributed by atoms with E-state index in [9.17, 15) is 4.79 Å². The summed E-state index contributed by atoms with van der Waals surface area (Å²) in [6, 6.07) is 5.74. The first-order valence-corrected chi connectivity index (χ1v) is 8.22. The number of aromatic nitrogens is 2. The molecule has 2 aromatic rings. The molecule has 122 valence electrons. The second kappa shape index (κ2) is 6.16. The smallest absolute Gasteiger partial charge is 0.238 e. The Labute approximate surface area is 138 Å². The zero-order chi connectivity index (χ0) is 16.6. The van der Waals surface area contributed by atoms with Crippen molar-refractivity contribution in [2.75, 3.05) is 19.5 Å². The van der Waals surface area contributed by atoms with E-state index < -0.39 is 0 Å². The van der Waals surface area contributed by atoms with Crippen LogP contribution in [0.15, 0.2) is 18.2 Å². The Bertz CT molecular complexity index is 744. The molecule has 0 bridgehead atoms. The van der Waals surface area contributed by atoms with Gasteiger partial charge < -0.3 is 14.8 Å². The Hall–Kier alpha value is -2.15. The number of benzene rings is 1. The lowest BCUT2D eigenvalue weighted by Crippen LogP contribution is -2.21. The summed E-state index contributed by atoms with van der Waals surface area (Å²) < 4.78 is 10.8. The van der Waals surface area contributed by atoms with E-state index in [1.54, 1.807) is 26.0 Å². The topological polar surface area (TPSA) is 76.2 Å². The summed E-state index contributed by atoms with van der Waals surface area (Å²) in [5, 5.41) is 9.82. The molecule has 1 aliphatic rings. The van der Waals surface area contributed by atoms with E-state index in [0.717, 1.165) is 28.3 Å². The van der Waals surface area contributed by atoms with Crippen molar-refractivity contribution >= 4 is 23.5 Å². The van der Waals surface area contributed by atoms with Crippen LogP contribution in [-0.2, 0) is 4.79 Å². The summed E-state index contributed by atoms with van der Waals surface area (Å²) in [6.45, 7) is 3.85. The van der Waals surface area contributed by atoms with Crippen molar-refractivity contribution in [3.05, 3.63) is 35.0 Å². The molecule has 1 aliphatic heterocycles. The highest BCUT2D eigenvalue weighted by atomic mass is 32.2. The maximum absolute atomic E-state index is 12.2. The van der Waals surface area contributed by atoms with Gasteiger partial charge in [-0.1, -0.05) is 6.07 Å². The molecule has 1 aromatic carbocycles. The molecule has 2 heterocycles. The molecule has 7 heteroatoms. The van der Waals surface area contributed by atoms with Gasteiger partial charge in [-0.2, -0.15) is 5.10 Å². The Morgan fingerprint density at radius 2 is 2.04 bits per heavy atom. The third kappa shape index (κ3) is 2.76. The molecule has 0 aliphatic carbocycles. The van der Waals surface area contributed by atoms with Crippen LogP contribution in [0.5, 0.6) is 11.5 Å². The summed E-state index contributed by atoms with van der Waals surface area (Å²) in [5.74, 6) is 2.01. The predicted molar refractivity (Wildman–Crippen MR) is 90.4 cm³/mol. The lowest BCUT2D eigenvalue weighted by molar-refractivity contribution is -0.115. The van der Waals surface area contributed by atoms with Crippen molar-refractivity contribution in [3.63, 3.8) is 0 Å². The fraction of sp³-hybridized carbons (Fsp3) is 0.375. The van der Waals surface area contributed by atoms with Crippen LogP contribution in [0.4, 0.5) is 5.82 Å². The molecule has 0 spiro atoms. The number of methoxy groups -OCH3 is 2. The standard InChI is InChI=1S/C16H19N3O3S/c1-8-13-14(11-6-5-10(21-3)7-12(11)22-4)23-9(2)16(20)17-15(13)19-18-8/h5-7,9,14H,1-4H3,(H2,17,18,19,20)/t9-,14+/m1/s1. The highest BCUT2D eigenvalue weighted by molar-refractivity contribution is 8.01. The molecule has 23 heavy (non-hydrogen) atoms. The lowest BCUT2D eigenvalue weighted by atomic mass is 10.0. The number of fused-ring (bicyclic) bond motifs is 1. The number of H-pyrrole nitrogens is 1. The summed E-state index contributed by atoms with van der Waals surface area (Å²) in [6.07, 6.45) is 0. The quantitative estimate of drug-likeness (QED) is 0.903. The number of amides is 1. The second-order valence-electron chi connectivity index (χ2n) is 5.37. The third-order valence-corrected chi connectivity index (χ3v) is 5.32. The van der Waals surface area contributed by atoms with E-state index in [4.69, 9.17) is 9.47 Å². The van der Waals surface area contributed by atoms with Crippen LogP contribution < -0.4 is 14.8 Å². The minimum absolute atomic E-state index is 0.0438. The third-order valence-electron chi connectivity index (χ3n) is 3.93. The maximum Gasteiger partial charge on any atom is 0.238 e. The summed E-state index contributed by atoms with van der Waals surface area (Å²) in [7, 11) is 3.26. The Kier molecular flexibility index (Phi) is 4.21. The SMILES string of the molecule is COc1ccc([C@@H]2S[C@H](C)C(=O)Nc3n[nH]c(C)c32)c(OC)c1. The fourth-order valence-corrected chi connectivity index (χ4v) is 4.03. The van der Waals surface area contributed by atoms with E-state index in [2.05, 4.69) is 15.5 Å². The predicted octanol–water partition coefficient (Wildman–Crippen LogP) is 2.90. The van der Waals surface area contributed by atoms with E-state index in [1.165, 1.54) is 0 Å². The van der Waals surface area contributed by atoms with Gasteiger partial charge in [0.2, 0.25) is 5.91 Å². The van der Waals surface area contributed by atoms with Crippen molar-refractivity contribution in [1.29, 1.82) is 0 Å². The van der Waals surface area contributed by atoms with Gasteiger partial charge in [0.15, 0.2) is 5.82 Å². The van der Waals surface area contributed by atoms with Gasteiger partial charge in [0, 0.05) is 22.9 Å². The molecule has 0 saturated carbocycles. The number of carbonyl (C=O) groups excluding carboxylic acids is 1. The minimum atomic E-state index is -0.194.